The summed E-state index contributed by atoms with van der Waals surface area (Å²) in [4.78, 5) is 13.8. The molecule has 1 aromatic carbocycles. The first-order chi connectivity index (χ1) is 9.28. The number of halogens is 1. The normalized spacial score (nSPS) is 15.3. The van der Waals surface area contributed by atoms with Crippen LogP contribution in [0.25, 0.3) is 0 Å². The smallest absolute Gasteiger partial charge is 0.330 e. The van der Waals surface area contributed by atoms with Gasteiger partial charge in [0.05, 0.1) is 6.61 Å². The van der Waals surface area contributed by atoms with Gasteiger partial charge in [0, 0.05) is 25.7 Å². The fraction of sp³-hybridized carbons (Fsp3) is 0.438. The van der Waals surface area contributed by atoms with E-state index in [2.05, 4.69) is 29.2 Å². The van der Waals surface area contributed by atoms with E-state index in [-0.39, 0.29) is 18.4 Å². The highest BCUT2D eigenvalue weighted by Crippen LogP contribution is 2.18. The zero-order chi connectivity index (χ0) is 13.5. The van der Waals surface area contributed by atoms with Gasteiger partial charge in [0.25, 0.3) is 0 Å². The van der Waals surface area contributed by atoms with Crippen LogP contribution < -0.4 is 0 Å². The molecule has 0 N–H and O–H groups in total. The van der Waals surface area contributed by atoms with Crippen LogP contribution in [-0.2, 0) is 16.1 Å². The highest BCUT2D eigenvalue weighted by atomic mass is 35.5. The average molecular weight is 296 g/mol. The van der Waals surface area contributed by atoms with Crippen LogP contribution in [0.5, 0.6) is 0 Å². The molecule has 20 heavy (non-hydrogen) atoms. The van der Waals surface area contributed by atoms with Crippen LogP contribution >= 0.6 is 12.4 Å². The Hall–Kier alpha value is -1.32. The van der Waals surface area contributed by atoms with E-state index >= 15 is 0 Å². The molecule has 0 unspecified atom stereocenters. The molecule has 0 spiro atoms. The summed E-state index contributed by atoms with van der Waals surface area (Å²) in [6.07, 6.45) is 3.60. The largest absolute Gasteiger partial charge is 0.463 e. The number of rotatable bonds is 4. The molecule has 1 aliphatic heterocycles. The van der Waals surface area contributed by atoms with Gasteiger partial charge in [0.2, 0.25) is 0 Å². The third kappa shape index (κ3) is 5.35. The zero-order valence-corrected chi connectivity index (χ0v) is 12.7. The summed E-state index contributed by atoms with van der Waals surface area (Å²) in [5, 5.41) is 0. The molecule has 0 aliphatic carbocycles. The molecular formula is C16H22ClNO2. The van der Waals surface area contributed by atoms with Crippen molar-refractivity contribution in [1.29, 1.82) is 0 Å². The second-order valence-electron chi connectivity index (χ2n) is 4.82. The maximum atomic E-state index is 11.4. The fourth-order valence-electron chi connectivity index (χ4n) is 2.33. The van der Waals surface area contributed by atoms with Crippen LogP contribution in [0.4, 0.5) is 0 Å². The molecule has 0 bridgehead atoms. The minimum absolute atomic E-state index is 0. The minimum atomic E-state index is -0.200. The number of hydrogen-bond donors (Lipinski definition) is 0. The molecule has 0 amide bonds. The van der Waals surface area contributed by atoms with Gasteiger partial charge in [-0.3, -0.25) is 4.90 Å². The lowest BCUT2D eigenvalue weighted by molar-refractivity contribution is -0.137. The summed E-state index contributed by atoms with van der Waals surface area (Å²) >= 11 is 0. The number of esters is 1. The molecule has 3 nitrogen and oxygen atoms in total. The van der Waals surface area contributed by atoms with E-state index in [1.54, 1.807) is 6.08 Å². The molecule has 0 radical (unpaired) electrons. The van der Waals surface area contributed by atoms with Gasteiger partial charge in [0.15, 0.2) is 0 Å². The Morgan fingerprint density at radius 3 is 2.50 bits per heavy atom. The van der Waals surface area contributed by atoms with Crippen molar-refractivity contribution in [3.63, 3.8) is 0 Å². The van der Waals surface area contributed by atoms with Crippen molar-refractivity contribution >= 4 is 18.4 Å². The Morgan fingerprint density at radius 1 is 1.25 bits per heavy atom. The number of nitrogens with zero attached hydrogens (tertiary/aromatic N) is 1. The quantitative estimate of drug-likeness (QED) is 0.631. The van der Waals surface area contributed by atoms with Gasteiger partial charge in [-0.05, 0) is 25.3 Å². The van der Waals surface area contributed by atoms with Crippen LogP contribution in [-0.4, -0.2) is 30.6 Å². The van der Waals surface area contributed by atoms with Crippen LogP contribution in [0.15, 0.2) is 42.0 Å². The number of carbonyl (C=O) groups excluding carboxylic acids is 1. The molecule has 1 fully saturated rings. The van der Waals surface area contributed by atoms with Crippen molar-refractivity contribution in [2.75, 3.05) is 19.7 Å². The number of hydrogen-bond acceptors (Lipinski definition) is 3. The summed E-state index contributed by atoms with van der Waals surface area (Å²) < 4.78 is 4.94. The molecular weight excluding hydrogens is 274 g/mol. The molecule has 0 aromatic heterocycles. The molecule has 1 aromatic rings. The van der Waals surface area contributed by atoms with E-state index in [4.69, 9.17) is 4.74 Å². The minimum Gasteiger partial charge on any atom is -0.463 e. The molecule has 0 atom stereocenters. The Morgan fingerprint density at radius 2 is 1.90 bits per heavy atom. The van der Waals surface area contributed by atoms with E-state index in [0.29, 0.717) is 6.61 Å². The van der Waals surface area contributed by atoms with Crippen molar-refractivity contribution in [3.05, 3.63) is 47.5 Å². The summed E-state index contributed by atoms with van der Waals surface area (Å²) in [5.41, 5.74) is 2.56. The second kappa shape index (κ2) is 8.77. The van der Waals surface area contributed by atoms with Crippen molar-refractivity contribution in [2.24, 2.45) is 0 Å². The SMILES string of the molecule is CCOC(=O)C=C1CCN(Cc2ccccc2)CC1.Cl. The molecule has 110 valence electrons. The zero-order valence-electron chi connectivity index (χ0n) is 11.9. The highest BCUT2D eigenvalue weighted by Gasteiger charge is 2.15. The van der Waals surface area contributed by atoms with Crippen molar-refractivity contribution in [3.8, 4) is 0 Å². The van der Waals surface area contributed by atoms with Crippen LogP contribution in [0.1, 0.15) is 25.3 Å². The third-order valence-electron chi connectivity index (χ3n) is 3.36. The first-order valence-electron chi connectivity index (χ1n) is 6.90. The molecule has 4 heteroatoms. The lowest BCUT2D eigenvalue weighted by Crippen LogP contribution is -2.30. The lowest BCUT2D eigenvalue weighted by atomic mass is 10.0. The first kappa shape index (κ1) is 16.7. The van der Waals surface area contributed by atoms with Gasteiger partial charge in [0.1, 0.15) is 0 Å². The number of ether oxygens (including phenoxy) is 1. The van der Waals surface area contributed by atoms with Crippen molar-refractivity contribution in [2.45, 2.75) is 26.3 Å². The number of benzene rings is 1. The van der Waals surface area contributed by atoms with Crippen LogP contribution in [0, 0.1) is 0 Å². The van der Waals surface area contributed by atoms with E-state index < -0.39 is 0 Å². The van der Waals surface area contributed by atoms with Crippen LogP contribution in [0.2, 0.25) is 0 Å². The molecule has 2 rings (SSSR count). The summed E-state index contributed by atoms with van der Waals surface area (Å²) in [6, 6.07) is 10.5. The molecule has 1 aliphatic rings. The Labute approximate surface area is 127 Å². The maximum Gasteiger partial charge on any atom is 0.330 e. The van der Waals surface area contributed by atoms with E-state index in [0.717, 1.165) is 32.5 Å². The van der Waals surface area contributed by atoms with Gasteiger partial charge < -0.3 is 4.74 Å². The predicted octanol–water partition coefficient (Wildman–Crippen LogP) is 3.19. The fourth-order valence-corrected chi connectivity index (χ4v) is 2.33. The molecule has 1 saturated heterocycles. The lowest BCUT2D eigenvalue weighted by Gasteiger charge is -2.28. The predicted molar refractivity (Wildman–Crippen MR) is 82.9 cm³/mol. The number of likely N-dealkylation sites (tertiary alicyclic amines) is 1. The first-order valence-corrected chi connectivity index (χ1v) is 6.90. The summed E-state index contributed by atoms with van der Waals surface area (Å²) in [5.74, 6) is -0.200. The molecule has 0 saturated carbocycles. The number of piperidine rings is 1. The standard InChI is InChI=1S/C16H21NO2.ClH/c1-2-19-16(18)12-14-8-10-17(11-9-14)13-15-6-4-3-5-7-15;/h3-7,12H,2,8-11,13H2,1H3;1H. The summed E-state index contributed by atoms with van der Waals surface area (Å²) in [6.45, 7) is 5.30. The van der Waals surface area contributed by atoms with Gasteiger partial charge >= 0.3 is 5.97 Å². The summed E-state index contributed by atoms with van der Waals surface area (Å²) in [7, 11) is 0. The van der Waals surface area contributed by atoms with Crippen molar-refractivity contribution < 1.29 is 9.53 Å². The van der Waals surface area contributed by atoms with Gasteiger partial charge in [-0.25, -0.2) is 4.79 Å². The van der Waals surface area contributed by atoms with Gasteiger partial charge in [-0.2, -0.15) is 0 Å². The van der Waals surface area contributed by atoms with Gasteiger partial charge in [-0.1, -0.05) is 35.9 Å². The Balaban J connectivity index is 0.00000200. The topological polar surface area (TPSA) is 29.5 Å². The molecule has 1 heterocycles. The third-order valence-corrected chi connectivity index (χ3v) is 3.36. The highest BCUT2D eigenvalue weighted by molar-refractivity contribution is 5.85. The second-order valence-corrected chi connectivity index (χ2v) is 4.82. The van der Waals surface area contributed by atoms with E-state index in [1.807, 2.05) is 13.0 Å². The Bertz CT molecular complexity index is 435. The van der Waals surface area contributed by atoms with E-state index in [9.17, 15) is 4.79 Å². The van der Waals surface area contributed by atoms with E-state index in [1.165, 1.54) is 11.1 Å². The maximum absolute atomic E-state index is 11.4. The average Bonchev–Trinajstić information content (AvgIpc) is 2.42. The van der Waals surface area contributed by atoms with Crippen molar-refractivity contribution in [1.82, 2.24) is 4.90 Å². The Kier molecular flexibility index (Phi) is 7.34. The number of carbonyl (C=O) groups is 1. The van der Waals surface area contributed by atoms with Gasteiger partial charge in [-0.15, -0.1) is 12.4 Å². The van der Waals surface area contributed by atoms with Crippen LogP contribution in [0.3, 0.4) is 0 Å². The monoisotopic (exact) mass is 295 g/mol.